The molecule has 60 heavy (non-hydrogen) atoms. The van der Waals surface area contributed by atoms with Crippen molar-refractivity contribution >= 4 is 38.5 Å². The first-order valence-corrected chi connectivity index (χ1v) is 22.8. The monoisotopic (exact) mass is 829 g/mol. The number of allylic oxidation sites excluding steroid dienone is 3. The molecule has 9 rings (SSSR count). The van der Waals surface area contributed by atoms with Gasteiger partial charge in [-0.15, -0.1) is 0 Å². The quantitative estimate of drug-likeness (QED) is 0.107. The van der Waals surface area contributed by atoms with Gasteiger partial charge in [-0.3, -0.25) is 4.68 Å². The normalized spacial score (nSPS) is 29.6. The highest BCUT2D eigenvalue weighted by atomic mass is 32.1. The molecule has 3 bridgehead atoms. The number of nitrogens with zero attached hydrogens (tertiary/aromatic N) is 7. The average Bonchev–Trinajstić information content (AvgIpc) is 3.87. The number of para-hydroxylation sites is 1. The molecule has 316 valence electrons. The Bertz CT molecular complexity index is 2440. The van der Waals surface area contributed by atoms with Crippen LogP contribution in [0.15, 0.2) is 65.3 Å². The molecule has 4 aliphatic carbocycles. The van der Waals surface area contributed by atoms with Gasteiger partial charge in [-0.25, -0.2) is 15.1 Å². The molecule has 5 unspecified atom stereocenters. The summed E-state index contributed by atoms with van der Waals surface area (Å²) in [6.45, 7) is 21.2. The Balaban J connectivity index is 0.952. The first-order chi connectivity index (χ1) is 28.7. The number of aromatic nitrogens is 4. The number of fused-ring (bicyclic) bond motifs is 3. The van der Waals surface area contributed by atoms with E-state index in [0.717, 1.165) is 88.9 Å². The van der Waals surface area contributed by atoms with Crippen LogP contribution in [0.4, 0.5) is 10.9 Å². The van der Waals surface area contributed by atoms with Crippen molar-refractivity contribution in [2.45, 2.75) is 112 Å². The first kappa shape index (κ1) is 40.8. The van der Waals surface area contributed by atoms with Gasteiger partial charge in [0.1, 0.15) is 12.4 Å². The molecule has 3 N–H and O–H groups in total. The zero-order valence-electron chi connectivity index (χ0n) is 36.3. The maximum atomic E-state index is 13.0. The number of anilines is 2. The van der Waals surface area contributed by atoms with Crippen molar-refractivity contribution in [1.82, 2.24) is 24.6 Å². The largest absolute Gasteiger partial charge is 0.476 e. The molecule has 4 aromatic rings. The molecule has 1 aliphatic heterocycles. The van der Waals surface area contributed by atoms with E-state index in [1.807, 2.05) is 49.5 Å². The summed E-state index contributed by atoms with van der Waals surface area (Å²) in [5.74, 6) is 0.103. The highest BCUT2D eigenvalue weighted by Crippen LogP contribution is 2.92. The van der Waals surface area contributed by atoms with E-state index >= 15 is 0 Å². The van der Waals surface area contributed by atoms with E-state index in [9.17, 15) is 15.0 Å². The zero-order chi connectivity index (χ0) is 42.2. The van der Waals surface area contributed by atoms with Gasteiger partial charge in [0.15, 0.2) is 5.69 Å². The molecule has 11 nitrogen and oxygen atoms in total. The number of benzene rings is 1. The van der Waals surface area contributed by atoms with Crippen molar-refractivity contribution in [1.29, 1.82) is 0 Å². The minimum atomic E-state index is -1.05. The second kappa shape index (κ2) is 14.8. The fourth-order valence-corrected chi connectivity index (χ4v) is 15.1. The molecule has 0 amide bonds. The number of hydrogen-bond donors (Lipinski definition) is 3. The van der Waals surface area contributed by atoms with Gasteiger partial charge in [0.25, 0.3) is 5.13 Å². The molecule has 5 atom stereocenters. The van der Waals surface area contributed by atoms with E-state index in [1.165, 1.54) is 51.4 Å². The number of carboxylic acid groups (broad SMARTS) is 1. The zero-order valence-corrected chi connectivity index (χ0v) is 37.1. The Morgan fingerprint density at radius 1 is 1.02 bits per heavy atom. The number of aliphatic hydroxyl groups is 1. The topological polar surface area (TPSA) is 124 Å². The Hall–Kier alpha value is -4.57. The summed E-state index contributed by atoms with van der Waals surface area (Å²) in [6.07, 6.45) is 14.7. The van der Waals surface area contributed by atoms with Gasteiger partial charge < -0.3 is 20.0 Å². The summed E-state index contributed by atoms with van der Waals surface area (Å²) >= 11 is 1.55. The third kappa shape index (κ3) is 6.49. The first-order valence-electron chi connectivity index (χ1n) is 21.9. The summed E-state index contributed by atoms with van der Waals surface area (Å²) in [5.41, 5.74) is 8.14. The fraction of sp³-hybridized carbons (Fsp3) is 0.562. The molecular weight excluding hydrogens is 769 g/mol. The standard InChI is InChI=1S/C48H60N8O3S/c1-31(41(49-6)53-43-51-37-14-8-9-15-38(37)60-43)34-13-10-21-55(32(34)2)39-17-16-35(40(52-39)42(58)59)36-23-50-56(33(36)3)30-46-24-44(4)25-47(18-11-19-54(7)20-12-22-57)28-45(5,27-46)48(47,26-44)29-46/h6,8-9,14-17,23,57H,10-13,18-22,24-30H2,1-5,7H3,(H-,51,53,58,59)/p+1/b41-31+. The molecule has 1 spiro atoms. The molecule has 3 aromatic heterocycles. The van der Waals surface area contributed by atoms with Gasteiger partial charge in [0.05, 0.1) is 22.0 Å². The van der Waals surface area contributed by atoms with Gasteiger partial charge in [0.2, 0.25) is 0 Å². The van der Waals surface area contributed by atoms with E-state index < -0.39 is 5.97 Å². The van der Waals surface area contributed by atoms with E-state index in [0.29, 0.717) is 38.9 Å². The van der Waals surface area contributed by atoms with Gasteiger partial charge in [-0.05, 0) is 162 Å². The summed E-state index contributed by atoms with van der Waals surface area (Å²) in [7, 11) is 2.19. The van der Waals surface area contributed by atoms with Gasteiger partial charge >= 0.3 is 11.8 Å². The number of carboxylic acids is 1. The van der Waals surface area contributed by atoms with Crippen LogP contribution in [-0.2, 0) is 6.54 Å². The molecule has 4 saturated carbocycles. The maximum absolute atomic E-state index is 13.0. The van der Waals surface area contributed by atoms with Crippen LogP contribution < -0.4 is 10.2 Å². The predicted molar refractivity (Wildman–Crippen MR) is 240 cm³/mol. The molecule has 12 heteroatoms. The van der Waals surface area contributed by atoms with Crippen molar-refractivity contribution < 1.29 is 15.0 Å². The number of rotatable bonds is 15. The molecule has 5 aliphatic rings. The van der Waals surface area contributed by atoms with Crippen LogP contribution in [0, 0.1) is 40.6 Å². The third-order valence-corrected chi connectivity index (χ3v) is 16.8. The maximum Gasteiger partial charge on any atom is 0.388 e. The number of carbonyl (C=O) groups is 1. The summed E-state index contributed by atoms with van der Waals surface area (Å²) in [5, 5.41) is 29.0. The van der Waals surface area contributed by atoms with Crippen molar-refractivity contribution in [3.05, 3.63) is 81.5 Å². The number of pyridine rings is 1. The lowest BCUT2D eigenvalue weighted by Gasteiger charge is -2.66. The van der Waals surface area contributed by atoms with Crippen molar-refractivity contribution in [2.24, 2.45) is 27.1 Å². The Morgan fingerprint density at radius 3 is 2.58 bits per heavy atom. The Kier molecular flexibility index (Phi) is 10.1. The van der Waals surface area contributed by atoms with Gasteiger partial charge in [-0.1, -0.05) is 37.3 Å². The van der Waals surface area contributed by atoms with Crippen LogP contribution in [0.25, 0.3) is 26.2 Å². The van der Waals surface area contributed by atoms with Gasteiger partial charge in [0, 0.05) is 48.8 Å². The van der Waals surface area contributed by atoms with Crippen LogP contribution in [0.1, 0.15) is 115 Å². The Morgan fingerprint density at radius 2 is 1.82 bits per heavy atom. The van der Waals surface area contributed by atoms with E-state index in [4.69, 9.17) is 21.6 Å². The molecule has 4 fully saturated rings. The SMILES string of the molecule is C#[N+]/C(Nc1nc2ccccc2s1)=C(/C)C1=C(C)N(c2ccc(-c3cnn(CC45CC6(C)CC7(CCCN(C)CCCO)CC(C)(C4)C7(C6)C5)c3C)c(C(=O)O)n2)CCC1. The van der Waals surface area contributed by atoms with Crippen molar-refractivity contribution in [3.63, 3.8) is 0 Å². The number of aliphatic hydroxyl groups excluding tert-OH is 1. The van der Waals surface area contributed by atoms with Crippen molar-refractivity contribution in [3.8, 4) is 17.7 Å². The van der Waals surface area contributed by atoms with Gasteiger partial charge in [-0.2, -0.15) is 14.9 Å². The number of aromatic carboxylic acids is 1. The summed E-state index contributed by atoms with van der Waals surface area (Å²) in [6, 6.07) is 11.9. The summed E-state index contributed by atoms with van der Waals surface area (Å²) < 4.78 is 3.27. The lowest BCUT2D eigenvalue weighted by atomic mass is 9.38. The smallest absolute Gasteiger partial charge is 0.388 e. The molecule has 0 saturated heterocycles. The number of nitrogens with one attached hydrogen (secondary N) is 1. The van der Waals surface area contributed by atoms with E-state index in [1.54, 1.807) is 11.3 Å². The van der Waals surface area contributed by atoms with Crippen LogP contribution in [0.3, 0.4) is 0 Å². The average molecular weight is 830 g/mol. The summed E-state index contributed by atoms with van der Waals surface area (Å²) in [4.78, 5) is 31.2. The predicted octanol–water partition coefficient (Wildman–Crippen LogP) is 10.2. The molecular formula is C48H61N8O3S+. The highest BCUT2D eigenvalue weighted by Gasteiger charge is 2.83. The Labute approximate surface area is 358 Å². The third-order valence-electron chi connectivity index (χ3n) is 15.9. The highest BCUT2D eigenvalue weighted by molar-refractivity contribution is 7.22. The second-order valence-electron chi connectivity index (χ2n) is 20.0. The van der Waals surface area contributed by atoms with Crippen molar-refractivity contribution in [2.75, 3.05) is 43.5 Å². The lowest BCUT2D eigenvalue weighted by molar-refractivity contribution is -0.174. The van der Waals surface area contributed by atoms with E-state index in [-0.39, 0.29) is 17.7 Å². The minimum absolute atomic E-state index is 0.0379. The molecule has 1 aromatic carbocycles. The molecule has 0 radical (unpaired) electrons. The number of thiazole rings is 1. The van der Waals surface area contributed by atoms with Crippen LogP contribution >= 0.6 is 11.3 Å². The minimum Gasteiger partial charge on any atom is -0.476 e. The van der Waals surface area contributed by atoms with Crippen LogP contribution in [0.5, 0.6) is 0 Å². The number of hydrogen-bond acceptors (Lipinski definition) is 9. The van der Waals surface area contributed by atoms with Crippen LogP contribution in [0.2, 0.25) is 0 Å². The van der Waals surface area contributed by atoms with Crippen LogP contribution in [-0.4, -0.2) is 74.1 Å². The van der Waals surface area contributed by atoms with E-state index in [2.05, 4.69) is 59.4 Å². The molecule has 4 heterocycles. The lowest BCUT2D eigenvalue weighted by Crippen LogP contribution is -2.58. The fourth-order valence-electron chi connectivity index (χ4n) is 14.2. The second-order valence-corrected chi connectivity index (χ2v) is 21.0.